The number of fused-ring (bicyclic) bond motifs is 2. The van der Waals surface area contributed by atoms with Crippen LogP contribution in [0.25, 0.3) is 22.6 Å². The lowest BCUT2D eigenvalue weighted by Crippen LogP contribution is -2.35. The van der Waals surface area contributed by atoms with Crippen LogP contribution in [0.1, 0.15) is 51.7 Å². The van der Waals surface area contributed by atoms with E-state index in [1.165, 1.54) is 0 Å². The highest BCUT2D eigenvalue weighted by atomic mass is 31.2. The lowest BCUT2D eigenvalue weighted by atomic mass is 10.1. The van der Waals surface area contributed by atoms with Crippen LogP contribution in [0.2, 0.25) is 0 Å². The smallest absolute Gasteiger partial charge is 0.322 e. The molecule has 1 N–H and O–H groups in total. The lowest BCUT2D eigenvalue weighted by Gasteiger charge is -2.35. The molecule has 12 heteroatoms. The molecule has 0 aromatic heterocycles. The SMILES string of the molecule is Cc1cc2nc3c(=O)[nH]c(=O)nc-3n(CCCOP(=O)(OCCC#N)N(C(C)C)C(C)C)c2cc1C. The largest absolute Gasteiger partial charge is 0.408 e. The zero-order valence-corrected chi connectivity index (χ0v) is 22.5. The summed E-state index contributed by atoms with van der Waals surface area (Å²) in [6.07, 6.45) is 0.489. The van der Waals surface area contributed by atoms with Crippen LogP contribution >= 0.6 is 7.75 Å². The molecular weight excluding hydrogens is 483 g/mol. The van der Waals surface area contributed by atoms with Crippen LogP contribution in [0.3, 0.4) is 0 Å². The van der Waals surface area contributed by atoms with Gasteiger partial charge in [-0.05, 0) is 71.2 Å². The Labute approximate surface area is 210 Å². The van der Waals surface area contributed by atoms with Crippen LogP contribution < -0.4 is 11.2 Å². The summed E-state index contributed by atoms with van der Waals surface area (Å²) in [4.78, 5) is 35.1. The number of nitrogens with zero attached hydrogens (tertiary/aromatic N) is 5. The first kappa shape index (κ1) is 27.7. The van der Waals surface area contributed by atoms with E-state index in [4.69, 9.17) is 14.3 Å². The molecule has 194 valence electrons. The molecule has 2 aliphatic heterocycles. The molecule has 0 bridgehead atoms. The molecule has 11 nitrogen and oxygen atoms in total. The second kappa shape index (κ2) is 11.4. The summed E-state index contributed by atoms with van der Waals surface area (Å²) >= 11 is 0. The molecule has 1 atom stereocenters. The van der Waals surface area contributed by atoms with Crippen molar-refractivity contribution in [1.29, 1.82) is 5.26 Å². The van der Waals surface area contributed by atoms with Gasteiger partial charge in [0.25, 0.3) is 5.56 Å². The minimum atomic E-state index is -3.68. The van der Waals surface area contributed by atoms with Gasteiger partial charge in [0.15, 0.2) is 11.5 Å². The number of rotatable bonds is 11. The third-order valence-electron chi connectivity index (χ3n) is 5.81. The van der Waals surface area contributed by atoms with Crippen LogP contribution in [-0.2, 0) is 20.2 Å². The van der Waals surface area contributed by atoms with Crippen molar-refractivity contribution >= 4 is 18.8 Å². The Morgan fingerprint density at radius 3 is 2.36 bits per heavy atom. The van der Waals surface area contributed by atoms with Gasteiger partial charge in [-0.25, -0.2) is 19.0 Å². The van der Waals surface area contributed by atoms with Crippen LogP contribution in [0, 0.1) is 25.2 Å². The molecule has 0 radical (unpaired) electrons. The highest BCUT2D eigenvalue weighted by molar-refractivity contribution is 7.51. The third kappa shape index (κ3) is 5.90. The summed E-state index contributed by atoms with van der Waals surface area (Å²) in [5.41, 5.74) is 2.10. The van der Waals surface area contributed by atoms with Gasteiger partial charge in [0.1, 0.15) is 0 Å². The van der Waals surface area contributed by atoms with E-state index < -0.39 is 19.0 Å². The van der Waals surface area contributed by atoms with E-state index in [2.05, 4.69) is 15.0 Å². The molecule has 36 heavy (non-hydrogen) atoms. The minimum Gasteiger partial charge on any atom is -0.322 e. The fourth-order valence-electron chi connectivity index (χ4n) is 4.22. The van der Waals surface area contributed by atoms with E-state index in [0.29, 0.717) is 18.5 Å². The fraction of sp³-hybridized carbons (Fsp3) is 0.542. The number of aromatic amines is 1. The molecular formula is C24H33N6O5P. The van der Waals surface area contributed by atoms with Gasteiger partial charge < -0.3 is 4.57 Å². The van der Waals surface area contributed by atoms with Crippen molar-refractivity contribution in [2.24, 2.45) is 0 Å². The van der Waals surface area contributed by atoms with Crippen molar-refractivity contribution in [3.63, 3.8) is 0 Å². The Hall–Kier alpha value is -2.90. The average molecular weight is 517 g/mol. The Balaban J connectivity index is 1.93. The monoisotopic (exact) mass is 516 g/mol. The molecule has 2 aliphatic rings. The first-order valence-electron chi connectivity index (χ1n) is 11.9. The summed E-state index contributed by atoms with van der Waals surface area (Å²) in [5, 5.41) is 8.87. The Morgan fingerprint density at radius 2 is 1.72 bits per heavy atom. The van der Waals surface area contributed by atoms with E-state index >= 15 is 0 Å². The lowest BCUT2D eigenvalue weighted by molar-refractivity contribution is 0.131. The number of hydrogen-bond acceptors (Lipinski definition) is 8. The van der Waals surface area contributed by atoms with Gasteiger partial charge in [-0.3, -0.25) is 18.8 Å². The second-order valence-corrected chi connectivity index (χ2v) is 11.1. The molecule has 3 rings (SSSR count). The van der Waals surface area contributed by atoms with Gasteiger partial charge in [0.05, 0.1) is 36.7 Å². The zero-order chi connectivity index (χ0) is 26.6. The molecule has 0 spiro atoms. The van der Waals surface area contributed by atoms with Gasteiger partial charge in [-0.1, -0.05) is 0 Å². The summed E-state index contributed by atoms with van der Waals surface area (Å²) in [6.45, 7) is 12.0. The Bertz CT molecular complexity index is 1400. The number of aryl methyl sites for hydroxylation is 3. The van der Waals surface area contributed by atoms with Crippen molar-refractivity contribution < 1.29 is 13.6 Å². The van der Waals surface area contributed by atoms with E-state index in [1.807, 2.05) is 59.7 Å². The molecule has 0 saturated heterocycles. The van der Waals surface area contributed by atoms with Gasteiger partial charge in [-0.2, -0.15) is 10.2 Å². The van der Waals surface area contributed by atoms with Crippen molar-refractivity contribution in [3.8, 4) is 17.6 Å². The standard InChI is InChI=1S/C24H33N6O5P/c1-15(2)30(16(3)4)36(33,34-11-7-9-25)35-12-8-10-29-20-14-18(6)17(5)13-19(20)26-21-22(29)27-24(32)28-23(21)31/h13-16H,7-8,10-12H2,1-6H3,(H,28,31,32). The molecule has 0 amide bonds. The topological polar surface area (TPSA) is 143 Å². The van der Waals surface area contributed by atoms with Crippen LogP contribution in [0.4, 0.5) is 0 Å². The van der Waals surface area contributed by atoms with Crippen molar-refractivity contribution in [2.75, 3.05) is 13.2 Å². The van der Waals surface area contributed by atoms with E-state index in [9.17, 15) is 14.2 Å². The summed E-state index contributed by atoms with van der Waals surface area (Å²) < 4.78 is 28.7. The van der Waals surface area contributed by atoms with Gasteiger partial charge in [-0.15, -0.1) is 0 Å². The van der Waals surface area contributed by atoms with E-state index in [0.717, 1.165) is 16.6 Å². The first-order valence-corrected chi connectivity index (χ1v) is 13.4. The van der Waals surface area contributed by atoms with Crippen molar-refractivity contribution in [2.45, 2.75) is 73.0 Å². The molecule has 0 saturated carbocycles. The van der Waals surface area contributed by atoms with Gasteiger partial charge >= 0.3 is 13.4 Å². The van der Waals surface area contributed by atoms with Crippen LogP contribution in [0.5, 0.6) is 0 Å². The molecule has 0 fully saturated rings. The van der Waals surface area contributed by atoms with E-state index in [1.54, 1.807) is 9.24 Å². The highest BCUT2D eigenvalue weighted by Gasteiger charge is 2.37. The molecule has 0 aliphatic carbocycles. The highest BCUT2D eigenvalue weighted by Crippen LogP contribution is 2.54. The zero-order valence-electron chi connectivity index (χ0n) is 21.6. The minimum absolute atomic E-state index is 0.00427. The maximum atomic E-state index is 13.7. The number of H-pyrrole nitrogens is 1. The second-order valence-electron chi connectivity index (χ2n) is 9.20. The summed E-state index contributed by atoms with van der Waals surface area (Å²) in [6, 6.07) is 5.60. The quantitative estimate of drug-likeness (QED) is 0.229. The number of benzene rings is 1. The summed E-state index contributed by atoms with van der Waals surface area (Å²) in [5.74, 6) is 0.180. The third-order valence-corrected chi connectivity index (χ3v) is 8.32. The maximum Gasteiger partial charge on any atom is 0.408 e. The molecule has 1 unspecified atom stereocenters. The van der Waals surface area contributed by atoms with Gasteiger partial charge in [0.2, 0.25) is 0 Å². The number of hydrogen-bond donors (Lipinski definition) is 1. The number of aromatic nitrogens is 4. The predicted octanol–water partition coefficient (Wildman–Crippen LogP) is 3.77. The Morgan fingerprint density at radius 1 is 1.08 bits per heavy atom. The first-order chi connectivity index (χ1) is 17.0. The number of nitrogens with one attached hydrogen (secondary N) is 1. The van der Waals surface area contributed by atoms with Crippen molar-refractivity contribution in [3.05, 3.63) is 44.1 Å². The van der Waals surface area contributed by atoms with Gasteiger partial charge in [0, 0.05) is 18.6 Å². The molecule has 2 heterocycles. The summed E-state index contributed by atoms with van der Waals surface area (Å²) in [7, 11) is -3.68. The van der Waals surface area contributed by atoms with Crippen LogP contribution in [0.15, 0.2) is 21.7 Å². The normalized spacial score (nSPS) is 13.7. The number of nitriles is 1. The average Bonchev–Trinajstić information content (AvgIpc) is 2.77. The molecule has 1 aromatic rings. The van der Waals surface area contributed by atoms with Crippen molar-refractivity contribution in [1.82, 2.24) is 24.2 Å². The predicted molar refractivity (Wildman–Crippen MR) is 137 cm³/mol. The fourth-order valence-corrected chi connectivity index (χ4v) is 6.37. The maximum absolute atomic E-state index is 13.7. The molecule has 1 aromatic carbocycles. The van der Waals surface area contributed by atoms with E-state index in [-0.39, 0.29) is 43.2 Å². The van der Waals surface area contributed by atoms with Crippen LogP contribution in [-0.4, -0.2) is 49.5 Å². The Kier molecular flexibility index (Phi) is 8.80.